The summed E-state index contributed by atoms with van der Waals surface area (Å²) in [5, 5.41) is 26.2. The van der Waals surface area contributed by atoms with E-state index in [-0.39, 0.29) is 24.7 Å². The van der Waals surface area contributed by atoms with Gasteiger partial charge in [-0.15, -0.1) is 15.3 Å². The molecule has 4 aromatic rings. The maximum Gasteiger partial charge on any atom is 0.269 e. The van der Waals surface area contributed by atoms with Gasteiger partial charge in [-0.2, -0.15) is 4.52 Å². The summed E-state index contributed by atoms with van der Waals surface area (Å²) in [6, 6.07) is 14.1. The van der Waals surface area contributed by atoms with Crippen molar-refractivity contribution >= 4 is 17.2 Å². The summed E-state index contributed by atoms with van der Waals surface area (Å²) in [6.45, 7) is 0.366. The number of rotatable bonds is 9. The minimum atomic E-state index is -0.522. The molecule has 0 aliphatic heterocycles. The molecule has 0 fully saturated rings. The van der Waals surface area contributed by atoms with Crippen molar-refractivity contribution in [2.75, 3.05) is 27.4 Å². The Morgan fingerprint density at radius 1 is 1.03 bits per heavy atom. The van der Waals surface area contributed by atoms with Gasteiger partial charge in [0.25, 0.3) is 11.6 Å². The third-order valence-corrected chi connectivity index (χ3v) is 4.86. The van der Waals surface area contributed by atoms with E-state index in [1.165, 1.54) is 24.3 Å². The van der Waals surface area contributed by atoms with Gasteiger partial charge in [-0.3, -0.25) is 14.9 Å². The van der Waals surface area contributed by atoms with Gasteiger partial charge in [-0.05, 0) is 36.4 Å². The zero-order chi connectivity index (χ0) is 24.1. The second-order valence-electron chi connectivity index (χ2n) is 6.94. The molecule has 0 saturated carbocycles. The van der Waals surface area contributed by atoms with Gasteiger partial charge in [0, 0.05) is 29.3 Å². The maximum absolute atomic E-state index is 12.2. The predicted octanol–water partition coefficient (Wildman–Crippen LogP) is 2.53. The molecule has 0 bridgehead atoms. The fraction of sp³-hybridized carbons (Fsp3) is 0.182. The van der Waals surface area contributed by atoms with Gasteiger partial charge in [-0.25, -0.2) is 0 Å². The highest BCUT2D eigenvalue weighted by Gasteiger charge is 2.14. The zero-order valence-electron chi connectivity index (χ0n) is 18.3. The minimum absolute atomic E-state index is 0.0807. The number of carbonyl (C=O) groups is 1. The number of nitro benzene ring substituents is 1. The minimum Gasteiger partial charge on any atom is -0.493 e. The molecule has 2 heterocycles. The fourth-order valence-corrected chi connectivity index (χ4v) is 3.16. The number of methoxy groups -OCH3 is 2. The predicted molar refractivity (Wildman–Crippen MR) is 120 cm³/mol. The molecule has 1 N–H and O–H groups in total. The van der Waals surface area contributed by atoms with Crippen LogP contribution in [0.1, 0.15) is 10.4 Å². The van der Waals surface area contributed by atoms with Crippen molar-refractivity contribution in [3.8, 4) is 28.8 Å². The number of hydrogen-bond donors (Lipinski definition) is 1. The Kier molecular flexibility index (Phi) is 6.48. The number of carbonyl (C=O) groups excluding carboxylic acids is 1. The van der Waals surface area contributed by atoms with E-state index < -0.39 is 4.92 Å². The van der Waals surface area contributed by atoms with Crippen LogP contribution in [0.4, 0.5) is 5.69 Å². The summed E-state index contributed by atoms with van der Waals surface area (Å²) in [6.07, 6.45) is 0. The molecule has 0 spiro atoms. The number of benzene rings is 2. The number of aromatic nitrogens is 4. The van der Waals surface area contributed by atoms with E-state index in [9.17, 15) is 14.9 Å². The van der Waals surface area contributed by atoms with E-state index in [1.54, 1.807) is 43.0 Å². The van der Waals surface area contributed by atoms with Crippen LogP contribution in [0, 0.1) is 10.1 Å². The maximum atomic E-state index is 12.2. The Morgan fingerprint density at radius 3 is 2.50 bits per heavy atom. The van der Waals surface area contributed by atoms with E-state index in [0.717, 1.165) is 5.56 Å². The lowest BCUT2D eigenvalue weighted by molar-refractivity contribution is -0.384. The lowest BCUT2D eigenvalue weighted by Gasteiger charge is -2.09. The largest absolute Gasteiger partial charge is 0.493 e. The SMILES string of the molecule is COc1ccc(-c2nnc3ccc(OCCNC(=O)c4ccc([N+](=O)[O-])cc4)nn23)cc1OC. The number of hydrogen-bond acceptors (Lipinski definition) is 9. The van der Waals surface area contributed by atoms with Crippen LogP contribution in [0.2, 0.25) is 0 Å². The van der Waals surface area contributed by atoms with Crippen LogP contribution in [0.15, 0.2) is 54.6 Å². The number of nitro groups is 1. The summed E-state index contributed by atoms with van der Waals surface area (Å²) in [7, 11) is 3.11. The van der Waals surface area contributed by atoms with Gasteiger partial charge in [0.2, 0.25) is 5.88 Å². The first-order valence-electron chi connectivity index (χ1n) is 10.1. The standard InChI is InChI=1S/C22H20N6O6/c1-32-17-8-5-15(13-18(17)33-2)21-25-24-19-9-10-20(26-27(19)21)34-12-11-23-22(29)14-3-6-16(7-4-14)28(30)31/h3-10,13H,11-12H2,1-2H3,(H,23,29). The summed E-state index contributed by atoms with van der Waals surface area (Å²) in [5.41, 5.74) is 1.49. The molecule has 0 aliphatic carbocycles. The van der Waals surface area contributed by atoms with Crippen LogP contribution in [0.25, 0.3) is 17.0 Å². The number of fused-ring (bicyclic) bond motifs is 1. The average molecular weight is 464 g/mol. The summed E-state index contributed by atoms with van der Waals surface area (Å²) in [4.78, 5) is 22.4. The first-order valence-corrected chi connectivity index (χ1v) is 10.1. The van der Waals surface area contributed by atoms with Gasteiger partial charge in [0.15, 0.2) is 23.0 Å². The second-order valence-corrected chi connectivity index (χ2v) is 6.94. The average Bonchev–Trinajstić information content (AvgIpc) is 3.29. The molecule has 2 aromatic carbocycles. The lowest BCUT2D eigenvalue weighted by atomic mass is 10.2. The molecular weight excluding hydrogens is 444 g/mol. The Morgan fingerprint density at radius 2 is 1.79 bits per heavy atom. The molecule has 1 amide bonds. The van der Waals surface area contributed by atoms with Crippen molar-refractivity contribution < 1.29 is 23.9 Å². The van der Waals surface area contributed by atoms with Crippen molar-refractivity contribution in [3.63, 3.8) is 0 Å². The van der Waals surface area contributed by atoms with Crippen LogP contribution in [0.5, 0.6) is 17.4 Å². The zero-order valence-corrected chi connectivity index (χ0v) is 18.3. The monoisotopic (exact) mass is 464 g/mol. The molecular formula is C22H20N6O6. The van der Waals surface area contributed by atoms with Crippen molar-refractivity contribution in [2.45, 2.75) is 0 Å². The molecule has 12 nitrogen and oxygen atoms in total. The van der Waals surface area contributed by atoms with E-state index >= 15 is 0 Å². The van der Waals surface area contributed by atoms with E-state index in [2.05, 4.69) is 20.6 Å². The first-order chi connectivity index (χ1) is 16.5. The molecule has 0 radical (unpaired) electrons. The van der Waals surface area contributed by atoms with Crippen LogP contribution in [0.3, 0.4) is 0 Å². The van der Waals surface area contributed by atoms with Crippen LogP contribution >= 0.6 is 0 Å². The van der Waals surface area contributed by atoms with Crippen LogP contribution in [-0.2, 0) is 0 Å². The molecule has 0 atom stereocenters. The van der Waals surface area contributed by atoms with E-state index in [1.807, 2.05) is 6.07 Å². The van der Waals surface area contributed by atoms with E-state index in [0.29, 0.717) is 34.4 Å². The highest BCUT2D eigenvalue weighted by atomic mass is 16.6. The normalized spacial score (nSPS) is 10.6. The molecule has 0 unspecified atom stereocenters. The van der Waals surface area contributed by atoms with Crippen molar-refractivity contribution in [1.82, 2.24) is 25.1 Å². The molecule has 174 valence electrons. The first kappa shape index (κ1) is 22.5. The highest BCUT2D eigenvalue weighted by molar-refractivity contribution is 5.94. The van der Waals surface area contributed by atoms with Gasteiger partial charge < -0.3 is 19.5 Å². The van der Waals surface area contributed by atoms with Crippen molar-refractivity contribution in [2.24, 2.45) is 0 Å². The van der Waals surface area contributed by atoms with Gasteiger partial charge in [0.05, 0.1) is 25.7 Å². The van der Waals surface area contributed by atoms with Crippen molar-refractivity contribution in [1.29, 1.82) is 0 Å². The smallest absolute Gasteiger partial charge is 0.269 e. The summed E-state index contributed by atoms with van der Waals surface area (Å²) in [5.74, 6) is 1.59. The quantitative estimate of drug-likeness (QED) is 0.224. The summed E-state index contributed by atoms with van der Waals surface area (Å²) < 4.78 is 17.8. The third-order valence-electron chi connectivity index (χ3n) is 4.86. The number of nitrogens with one attached hydrogen (secondary N) is 1. The molecule has 4 rings (SSSR count). The number of ether oxygens (including phenoxy) is 3. The van der Waals surface area contributed by atoms with Crippen LogP contribution in [-0.4, -0.2) is 58.0 Å². The molecule has 2 aromatic heterocycles. The fourth-order valence-electron chi connectivity index (χ4n) is 3.16. The van der Waals surface area contributed by atoms with E-state index in [4.69, 9.17) is 14.2 Å². The molecule has 12 heteroatoms. The van der Waals surface area contributed by atoms with Gasteiger partial charge in [0.1, 0.15) is 6.61 Å². The molecule has 0 aliphatic rings. The Balaban J connectivity index is 1.40. The Labute approximate surface area is 193 Å². The highest BCUT2D eigenvalue weighted by Crippen LogP contribution is 2.31. The lowest BCUT2D eigenvalue weighted by Crippen LogP contribution is -2.28. The van der Waals surface area contributed by atoms with Gasteiger partial charge >= 0.3 is 0 Å². The number of non-ortho nitro benzene ring substituents is 1. The molecule has 34 heavy (non-hydrogen) atoms. The van der Waals surface area contributed by atoms with Gasteiger partial charge in [-0.1, -0.05) is 0 Å². The summed E-state index contributed by atoms with van der Waals surface area (Å²) >= 11 is 0. The third kappa shape index (κ3) is 4.70. The Hall–Kier alpha value is -4.74. The Bertz CT molecular complexity index is 1340. The number of nitrogens with zero attached hydrogens (tertiary/aromatic N) is 5. The topological polar surface area (TPSA) is 143 Å². The molecule has 0 saturated heterocycles. The van der Waals surface area contributed by atoms with Crippen LogP contribution < -0.4 is 19.5 Å². The van der Waals surface area contributed by atoms with Crippen molar-refractivity contribution in [3.05, 3.63) is 70.3 Å². The number of amides is 1. The second kappa shape index (κ2) is 9.81.